The molecule has 0 bridgehead atoms. The fourth-order valence-corrected chi connectivity index (χ4v) is 1.69. The summed E-state index contributed by atoms with van der Waals surface area (Å²) in [6.07, 6.45) is 0. The van der Waals surface area contributed by atoms with Gasteiger partial charge in [-0.1, -0.05) is 38.1 Å². The molecule has 20 heavy (non-hydrogen) atoms. The Hall–Kier alpha value is -2.16. The third-order valence-electron chi connectivity index (χ3n) is 2.72. The minimum atomic E-state index is 0.482. The lowest BCUT2D eigenvalue weighted by Gasteiger charge is -2.10. The second-order valence-electron chi connectivity index (χ2n) is 5.21. The van der Waals surface area contributed by atoms with E-state index in [1.807, 2.05) is 55.5 Å². The van der Waals surface area contributed by atoms with Gasteiger partial charge in [-0.2, -0.15) is 5.11 Å². The van der Waals surface area contributed by atoms with Crippen molar-refractivity contribution in [3.05, 3.63) is 54.1 Å². The summed E-state index contributed by atoms with van der Waals surface area (Å²) >= 11 is 0. The Labute approximate surface area is 120 Å². The summed E-state index contributed by atoms with van der Waals surface area (Å²) in [5.74, 6) is 1.26. The molecule has 0 radical (unpaired) electrons. The van der Waals surface area contributed by atoms with Crippen LogP contribution in [0.3, 0.4) is 0 Å². The Morgan fingerprint density at radius 2 is 1.75 bits per heavy atom. The maximum absolute atomic E-state index is 5.79. The highest BCUT2D eigenvalue weighted by Gasteiger charge is 2.05. The number of ether oxygens (including phenoxy) is 1. The Morgan fingerprint density at radius 1 is 1.00 bits per heavy atom. The number of hydrogen-bond acceptors (Lipinski definition) is 3. The van der Waals surface area contributed by atoms with Gasteiger partial charge < -0.3 is 4.74 Å². The first-order valence-corrected chi connectivity index (χ1v) is 6.85. The van der Waals surface area contributed by atoms with Crippen LogP contribution in [0.15, 0.2) is 58.8 Å². The molecule has 104 valence electrons. The quantitative estimate of drug-likeness (QED) is 0.664. The van der Waals surface area contributed by atoms with Gasteiger partial charge in [0.15, 0.2) is 0 Å². The number of rotatable bonds is 5. The van der Waals surface area contributed by atoms with Crippen LogP contribution in [0, 0.1) is 12.8 Å². The summed E-state index contributed by atoms with van der Waals surface area (Å²) in [5.41, 5.74) is 2.75. The third kappa shape index (κ3) is 4.19. The highest BCUT2D eigenvalue weighted by Crippen LogP contribution is 2.30. The van der Waals surface area contributed by atoms with Crippen molar-refractivity contribution in [2.24, 2.45) is 16.1 Å². The number of aryl methyl sites for hydroxylation is 1. The van der Waals surface area contributed by atoms with Gasteiger partial charge in [-0.05, 0) is 42.7 Å². The zero-order valence-electron chi connectivity index (χ0n) is 12.2. The van der Waals surface area contributed by atoms with Gasteiger partial charge in [-0.3, -0.25) is 0 Å². The molecular weight excluding hydrogens is 248 g/mol. The van der Waals surface area contributed by atoms with E-state index in [0.29, 0.717) is 12.5 Å². The number of benzene rings is 2. The highest BCUT2D eigenvalue weighted by molar-refractivity contribution is 5.53. The molecule has 3 nitrogen and oxygen atoms in total. The highest BCUT2D eigenvalue weighted by atomic mass is 16.5. The first-order chi connectivity index (χ1) is 9.65. The number of hydrogen-bond donors (Lipinski definition) is 0. The van der Waals surface area contributed by atoms with Crippen molar-refractivity contribution in [1.82, 2.24) is 0 Å². The summed E-state index contributed by atoms with van der Waals surface area (Å²) in [6.45, 7) is 6.96. The molecule has 0 spiro atoms. The summed E-state index contributed by atoms with van der Waals surface area (Å²) in [4.78, 5) is 0. The van der Waals surface area contributed by atoms with Crippen molar-refractivity contribution >= 4 is 11.4 Å². The van der Waals surface area contributed by atoms with Crippen LogP contribution in [0.25, 0.3) is 0 Å². The fourth-order valence-electron chi connectivity index (χ4n) is 1.69. The van der Waals surface area contributed by atoms with E-state index in [1.165, 1.54) is 0 Å². The Morgan fingerprint density at radius 3 is 2.45 bits per heavy atom. The van der Waals surface area contributed by atoms with Crippen LogP contribution >= 0.6 is 0 Å². The summed E-state index contributed by atoms with van der Waals surface area (Å²) in [6, 6.07) is 15.7. The molecule has 0 aromatic heterocycles. The van der Waals surface area contributed by atoms with Crippen molar-refractivity contribution in [3.8, 4) is 5.75 Å². The lowest BCUT2D eigenvalue weighted by atomic mass is 10.2. The van der Waals surface area contributed by atoms with Gasteiger partial charge in [0.1, 0.15) is 11.4 Å². The molecule has 2 aromatic carbocycles. The fraction of sp³-hybridized carbons (Fsp3) is 0.294. The van der Waals surface area contributed by atoms with E-state index >= 15 is 0 Å². The van der Waals surface area contributed by atoms with Gasteiger partial charge in [0, 0.05) is 0 Å². The van der Waals surface area contributed by atoms with Crippen LogP contribution in [0.4, 0.5) is 11.4 Å². The van der Waals surface area contributed by atoms with Crippen molar-refractivity contribution in [2.45, 2.75) is 20.8 Å². The number of azo groups is 1. The monoisotopic (exact) mass is 268 g/mol. The zero-order chi connectivity index (χ0) is 14.4. The number of nitrogens with zero attached hydrogens (tertiary/aromatic N) is 2. The van der Waals surface area contributed by atoms with Crippen LogP contribution < -0.4 is 4.74 Å². The maximum atomic E-state index is 5.79. The zero-order valence-corrected chi connectivity index (χ0v) is 12.2. The SMILES string of the molecule is Cc1ccc(OCC(C)C)c(N=Nc2ccccc2)c1. The van der Waals surface area contributed by atoms with Crippen molar-refractivity contribution < 1.29 is 4.74 Å². The largest absolute Gasteiger partial charge is 0.491 e. The van der Waals surface area contributed by atoms with Gasteiger partial charge in [-0.25, -0.2) is 0 Å². The molecule has 0 aliphatic rings. The third-order valence-corrected chi connectivity index (χ3v) is 2.72. The van der Waals surface area contributed by atoms with E-state index in [-0.39, 0.29) is 0 Å². The molecular formula is C17H20N2O. The van der Waals surface area contributed by atoms with E-state index in [2.05, 4.69) is 24.1 Å². The smallest absolute Gasteiger partial charge is 0.146 e. The van der Waals surface area contributed by atoms with Crippen LogP contribution in [0.5, 0.6) is 5.75 Å². The van der Waals surface area contributed by atoms with Crippen LogP contribution in [0.1, 0.15) is 19.4 Å². The predicted octanol–water partition coefficient (Wildman–Crippen LogP) is 5.45. The first kappa shape index (κ1) is 14.3. The molecule has 0 N–H and O–H groups in total. The molecule has 2 rings (SSSR count). The Bertz CT molecular complexity index is 577. The molecule has 0 amide bonds. The molecule has 0 aliphatic carbocycles. The lowest BCUT2D eigenvalue weighted by Crippen LogP contribution is -2.04. The van der Waals surface area contributed by atoms with Gasteiger partial charge in [0.2, 0.25) is 0 Å². The maximum Gasteiger partial charge on any atom is 0.146 e. The van der Waals surface area contributed by atoms with Gasteiger partial charge in [0.25, 0.3) is 0 Å². The minimum absolute atomic E-state index is 0.482. The van der Waals surface area contributed by atoms with E-state index in [4.69, 9.17) is 4.74 Å². The van der Waals surface area contributed by atoms with Crippen LogP contribution in [-0.4, -0.2) is 6.61 Å². The topological polar surface area (TPSA) is 34.0 Å². The summed E-state index contributed by atoms with van der Waals surface area (Å²) < 4.78 is 5.79. The predicted molar refractivity (Wildman–Crippen MR) is 82.1 cm³/mol. The molecule has 0 unspecified atom stereocenters. The molecule has 3 heteroatoms. The van der Waals surface area contributed by atoms with Crippen LogP contribution in [0.2, 0.25) is 0 Å². The molecule has 0 aliphatic heterocycles. The van der Waals surface area contributed by atoms with Crippen LogP contribution in [-0.2, 0) is 0 Å². The van der Waals surface area contributed by atoms with E-state index in [0.717, 1.165) is 22.7 Å². The van der Waals surface area contributed by atoms with Crippen molar-refractivity contribution in [3.63, 3.8) is 0 Å². The van der Waals surface area contributed by atoms with Gasteiger partial charge in [0.05, 0.1) is 12.3 Å². The standard InChI is InChI=1S/C17H20N2O/c1-13(2)12-20-17-10-9-14(3)11-16(17)19-18-15-7-5-4-6-8-15/h4-11,13H,12H2,1-3H3. The molecule has 0 atom stereocenters. The summed E-state index contributed by atoms with van der Waals surface area (Å²) in [7, 11) is 0. The first-order valence-electron chi connectivity index (χ1n) is 6.85. The molecule has 0 saturated heterocycles. The average molecular weight is 268 g/mol. The molecule has 0 saturated carbocycles. The van der Waals surface area contributed by atoms with Gasteiger partial charge >= 0.3 is 0 Å². The Balaban J connectivity index is 2.21. The van der Waals surface area contributed by atoms with E-state index < -0.39 is 0 Å². The second-order valence-corrected chi connectivity index (χ2v) is 5.21. The lowest BCUT2D eigenvalue weighted by molar-refractivity contribution is 0.272. The molecule has 0 heterocycles. The van der Waals surface area contributed by atoms with Gasteiger partial charge in [-0.15, -0.1) is 5.11 Å². The van der Waals surface area contributed by atoms with E-state index in [1.54, 1.807) is 0 Å². The average Bonchev–Trinajstić information content (AvgIpc) is 2.45. The summed E-state index contributed by atoms with van der Waals surface area (Å²) in [5, 5.41) is 8.57. The van der Waals surface area contributed by atoms with E-state index in [9.17, 15) is 0 Å². The second kappa shape index (κ2) is 6.85. The minimum Gasteiger partial charge on any atom is -0.491 e. The van der Waals surface area contributed by atoms with Crippen molar-refractivity contribution in [2.75, 3.05) is 6.61 Å². The molecule has 2 aromatic rings. The normalized spacial score (nSPS) is 11.2. The Kier molecular flexibility index (Phi) is 4.88. The van der Waals surface area contributed by atoms with Crippen molar-refractivity contribution in [1.29, 1.82) is 0 Å². The molecule has 0 fully saturated rings.